The highest BCUT2D eigenvalue weighted by Crippen LogP contribution is 2.24. The quantitative estimate of drug-likeness (QED) is 0.726. The van der Waals surface area contributed by atoms with Crippen LogP contribution in [0.4, 0.5) is 9.18 Å². The monoisotopic (exact) mass is 422 g/mol. The van der Waals surface area contributed by atoms with Crippen LogP contribution in [0, 0.1) is 0 Å². The average Bonchev–Trinajstić information content (AvgIpc) is 2.65. The third-order valence-electron chi connectivity index (χ3n) is 4.30. The van der Waals surface area contributed by atoms with Gasteiger partial charge in [0, 0.05) is 24.7 Å². The fourth-order valence-electron chi connectivity index (χ4n) is 2.90. The van der Waals surface area contributed by atoms with Gasteiger partial charge >= 0.3 is 12.1 Å². The van der Waals surface area contributed by atoms with E-state index in [9.17, 15) is 18.8 Å². The zero-order valence-electron chi connectivity index (χ0n) is 17.6. The SMILES string of the molecule is CN(C/C(=C\F)COc1ccc2c(c1)C(=O)N(CC(=O)O)CC2)C(=O)OC(C)(C)C. The first-order valence-electron chi connectivity index (χ1n) is 9.49. The van der Waals surface area contributed by atoms with E-state index < -0.39 is 17.7 Å². The van der Waals surface area contributed by atoms with Crippen LogP contribution in [0.15, 0.2) is 30.1 Å². The second-order valence-electron chi connectivity index (χ2n) is 8.08. The Morgan fingerprint density at radius 1 is 1.33 bits per heavy atom. The molecule has 1 aliphatic rings. The zero-order chi connectivity index (χ0) is 22.5. The number of benzene rings is 1. The number of hydrogen-bond donors (Lipinski definition) is 1. The summed E-state index contributed by atoms with van der Waals surface area (Å²) >= 11 is 0. The van der Waals surface area contributed by atoms with E-state index in [2.05, 4.69) is 0 Å². The number of amides is 2. The molecule has 0 bridgehead atoms. The highest BCUT2D eigenvalue weighted by Gasteiger charge is 2.26. The second-order valence-corrected chi connectivity index (χ2v) is 8.08. The molecule has 0 unspecified atom stereocenters. The number of likely N-dealkylation sites (N-methyl/N-ethyl adjacent to an activating group) is 1. The second kappa shape index (κ2) is 9.60. The summed E-state index contributed by atoms with van der Waals surface area (Å²) in [6, 6.07) is 4.94. The number of carboxylic acid groups (broad SMARTS) is 1. The third-order valence-corrected chi connectivity index (χ3v) is 4.30. The molecule has 30 heavy (non-hydrogen) atoms. The number of ether oxygens (including phenoxy) is 2. The average molecular weight is 422 g/mol. The van der Waals surface area contributed by atoms with Gasteiger partial charge in [-0.1, -0.05) is 6.07 Å². The van der Waals surface area contributed by atoms with E-state index in [0.717, 1.165) is 5.56 Å². The summed E-state index contributed by atoms with van der Waals surface area (Å²) in [7, 11) is 1.49. The Kier molecular flexibility index (Phi) is 7.42. The normalized spacial score (nSPS) is 14.2. The first kappa shape index (κ1) is 23.2. The number of halogens is 1. The van der Waals surface area contributed by atoms with Crippen LogP contribution in [0.2, 0.25) is 0 Å². The Hall–Kier alpha value is -3.10. The minimum atomic E-state index is -1.08. The van der Waals surface area contributed by atoms with Crippen molar-refractivity contribution >= 4 is 18.0 Å². The number of carboxylic acids is 1. The molecule has 1 N–H and O–H groups in total. The molecule has 1 aromatic rings. The number of fused-ring (bicyclic) bond motifs is 1. The zero-order valence-corrected chi connectivity index (χ0v) is 17.6. The van der Waals surface area contributed by atoms with Gasteiger partial charge < -0.3 is 24.4 Å². The van der Waals surface area contributed by atoms with Crippen molar-refractivity contribution in [3.8, 4) is 5.75 Å². The van der Waals surface area contributed by atoms with Crippen LogP contribution in [0.1, 0.15) is 36.7 Å². The fraction of sp³-hybridized carbons (Fsp3) is 0.476. The molecule has 0 spiro atoms. The van der Waals surface area contributed by atoms with Crippen LogP contribution in [0.5, 0.6) is 5.75 Å². The van der Waals surface area contributed by atoms with Gasteiger partial charge in [-0.2, -0.15) is 0 Å². The predicted molar refractivity (Wildman–Crippen MR) is 107 cm³/mol. The van der Waals surface area contributed by atoms with E-state index in [4.69, 9.17) is 14.6 Å². The minimum absolute atomic E-state index is 0.0261. The van der Waals surface area contributed by atoms with Crippen LogP contribution in [-0.2, 0) is 16.0 Å². The Morgan fingerprint density at radius 3 is 2.63 bits per heavy atom. The molecule has 164 valence electrons. The van der Waals surface area contributed by atoms with Crippen molar-refractivity contribution in [1.29, 1.82) is 0 Å². The Balaban J connectivity index is 2.00. The lowest BCUT2D eigenvalue weighted by molar-refractivity contribution is -0.137. The molecule has 0 saturated carbocycles. The van der Waals surface area contributed by atoms with Gasteiger partial charge in [-0.3, -0.25) is 9.59 Å². The largest absolute Gasteiger partial charge is 0.489 e. The third kappa shape index (κ3) is 6.47. The Labute approximate surface area is 174 Å². The smallest absolute Gasteiger partial charge is 0.410 e. The van der Waals surface area contributed by atoms with Crippen molar-refractivity contribution < 1.29 is 33.4 Å². The van der Waals surface area contributed by atoms with Crippen molar-refractivity contribution in [2.75, 3.05) is 33.3 Å². The van der Waals surface area contributed by atoms with Crippen molar-refractivity contribution in [3.63, 3.8) is 0 Å². The van der Waals surface area contributed by atoms with Gasteiger partial charge in [0.15, 0.2) is 0 Å². The van der Waals surface area contributed by atoms with Crippen molar-refractivity contribution in [2.45, 2.75) is 32.8 Å². The number of carbonyl (C=O) groups is 3. The Morgan fingerprint density at radius 2 is 2.03 bits per heavy atom. The fourth-order valence-corrected chi connectivity index (χ4v) is 2.90. The maximum atomic E-state index is 13.3. The molecule has 2 amide bonds. The number of rotatable bonds is 7. The lowest BCUT2D eigenvalue weighted by atomic mass is 9.98. The first-order chi connectivity index (χ1) is 14.0. The van der Waals surface area contributed by atoms with Gasteiger partial charge in [0.2, 0.25) is 0 Å². The Bertz CT molecular complexity index is 846. The maximum Gasteiger partial charge on any atom is 0.410 e. The van der Waals surface area contributed by atoms with Crippen LogP contribution in [-0.4, -0.2) is 71.8 Å². The summed E-state index contributed by atoms with van der Waals surface area (Å²) in [4.78, 5) is 37.9. The van der Waals surface area contributed by atoms with E-state index in [0.29, 0.717) is 30.6 Å². The molecule has 0 aliphatic carbocycles. The summed E-state index contributed by atoms with van der Waals surface area (Å²) in [5, 5.41) is 8.93. The summed E-state index contributed by atoms with van der Waals surface area (Å²) in [5.74, 6) is -1.11. The van der Waals surface area contributed by atoms with Crippen LogP contribution >= 0.6 is 0 Å². The predicted octanol–water partition coefficient (Wildman–Crippen LogP) is 2.87. The molecule has 0 fully saturated rings. The van der Waals surface area contributed by atoms with Gasteiger partial charge in [0.1, 0.15) is 24.5 Å². The highest BCUT2D eigenvalue weighted by molar-refractivity contribution is 5.98. The number of nitrogens with zero attached hydrogens (tertiary/aromatic N) is 2. The van der Waals surface area contributed by atoms with Gasteiger partial charge in [0.05, 0.1) is 12.9 Å². The maximum absolute atomic E-state index is 13.3. The van der Waals surface area contributed by atoms with E-state index >= 15 is 0 Å². The summed E-state index contributed by atoms with van der Waals surface area (Å²) in [6.07, 6.45) is 0.337. The van der Waals surface area contributed by atoms with Gasteiger partial charge in [-0.25, -0.2) is 9.18 Å². The van der Waals surface area contributed by atoms with E-state index in [1.165, 1.54) is 22.9 Å². The molecule has 0 radical (unpaired) electrons. The van der Waals surface area contributed by atoms with Crippen molar-refractivity contribution in [1.82, 2.24) is 9.80 Å². The summed E-state index contributed by atoms with van der Waals surface area (Å²) in [5.41, 5.74) is 0.725. The van der Waals surface area contributed by atoms with Gasteiger partial charge in [0.25, 0.3) is 5.91 Å². The van der Waals surface area contributed by atoms with E-state index in [1.54, 1.807) is 32.9 Å². The van der Waals surface area contributed by atoms with Crippen molar-refractivity contribution in [3.05, 3.63) is 41.2 Å². The topological polar surface area (TPSA) is 96.4 Å². The van der Waals surface area contributed by atoms with Crippen molar-refractivity contribution in [2.24, 2.45) is 0 Å². The van der Waals surface area contributed by atoms with Crippen LogP contribution in [0.3, 0.4) is 0 Å². The first-order valence-corrected chi connectivity index (χ1v) is 9.49. The lowest BCUT2D eigenvalue weighted by Gasteiger charge is -2.27. The van der Waals surface area contributed by atoms with Crippen LogP contribution in [0.25, 0.3) is 0 Å². The van der Waals surface area contributed by atoms with E-state index in [1.807, 2.05) is 0 Å². The number of hydrogen-bond acceptors (Lipinski definition) is 5. The molecule has 8 nitrogen and oxygen atoms in total. The molecule has 9 heteroatoms. The molecule has 2 rings (SSSR count). The molecule has 0 atom stereocenters. The molecule has 0 aromatic heterocycles. The highest BCUT2D eigenvalue weighted by atomic mass is 19.1. The summed E-state index contributed by atoms with van der Waals surface area (Å²) < 4.78 is 24.1. The summed E-state index contributed by atoms with van der Waals surface area (Å²) in [6.45, 7) is 5.03. The van der Waals surface area contributed by atoms with Gasteiger partial charge in [-0.15, -0.1) is 0 Å². The standard InChI is InChI=1S/C21H27FN2O6/c1-21(2,3)30-20(28)23(4)11-14(10-22)13-29-16-6-5-15-7-8-24(12-18(25)26)19(27)17(15)9-16/h5-6,9-10H,7-8,11-13H2,1-4H3,(H,25,26)/b14-10+. The lowest BCUT2D eigenvalue weighted by Crippen LogP contribution is -2.40. The minimum Gasteiger partial charge on any atom is -0.489 e. The molecule has 1 aromatic carbocycles. The number of aliphatic carboxylic acids is 1. The molecule has 0 saturated heterocycles. The molecule has 1 heterocycles. The van der Waals surface area contributed by atoms with Gasteiger partial charge in [-0.05, 0) is 44.9 Å². The molecular formula is C21H27FN2O6. The van der Waals surface area contributed by atoms with Crippen LogP contribution < -0.4 is 4.74 Å². The molecule has 1 aliphatic heterocycles. The molecular weight excluding hydrogens is 395 g/mol. The van der Waals surface area contributed by atoms with E-state index in [-0.39, 0.29) is 31.2 Å². The number of carbonyl (C=O) groups excluding carboxylic acids is 2.